The number of piperidine rings is 2. The van der Waals surface area contributed by atoms with Gasteiger partial charge in [0.2, 0.25) is 5.91 Å². The molecule has 2 saturated carbocycles. The highest BCUT2D eigenvalue weighted by Gasteiger charge is 2.75. The van der Waals surface area contributed by atoms with Gasteiger partial charge >= 0.3 is 0 Å². The summed E-state index contributed by atoms with van der Waals surface area (Å²) in [6, 6.07) is 8.20. The van der Waals surface area contributed by atoms with Crippen molar-refractivity contribution in [1.82, 2.24) is 4.90 Å². The summed E-state index contributed by atoms with van der Waals surface area (Å²) in [7, 11) is 0. The van der Waals surface area contributed by atoms with Gasteiger partial charge in [-0.05, 0) is 78.1 Å². The number of aliphatic hydroxyl groups excluding tert-OH is 1. The van der Waals surface area contributed by atoms with Gasteiger partial charge in [0.1, 0.15) is 0 Å². The number of rotatable bonds is 2. The third kappa shape index (κ3) is 2.55. The number of carbonyl (C=O) groups is 1. The van der Waals surface area contributed by atoms with Gasteiger partial charge in [0, 0.05) is 30.1 Å². The van der Waals surface area contributed by atoms with Gasteiger partial charge in [-0.25, -0.2) is 0 Å². The van der Waals surface area contributed by atoms with Crippen LogP contribution in [0.15, 0.2) is 22.7 Å². The van der Waals surface area contributed by atoms with E-state index in [1.54, 1.807) is 0 Å². The van der Waals surface area contributed by atoms with Crippen LogP contribution < -0.4 is 4.90 Å². The first-order chi connectivity index (χ1) is 13.0. The Morgan fingerprint density at radius 1 is 1.19 bits per heavy atom. The molecule has 27 heavy (non-hydrogen) atoms. The fourth-order valence-corrected chi connectivity index (χ4v) is 6.58. The highest BCUT2D eigenvalue weighted by Crippen LogP contribution is 2.68. The standard InChI is InChI=1S/C21H24BrN3O2/c22-18-9-13(10-23)1-6-19(18)24-8-7-16-17-11-25(20(27)21(16,17)12-24)14-2-4-15(26)5-3-14/h1,6,9,14-17,26H,2-5,7-8,11-12H2/t14?,15?,16?,17?,21-/m1/s1. The van der Waals surface area contributed by atoms with Gasteiger partial charge in [0.05, 0.1) is 28.8 Å². The predicted octanol–water partition coefficient (Wildman–Crippen LogP) is 2.91. The van der Waals surface area contributed by atoms with E-state index in [2.05, 4.69) is 31.8 Å². The van der Waals surface area contributed by atoms with Crippen LogP contribution in [0.1, 0.15) is 37.7 Å². The average Bonchev–Trinajstić information content (AvgIpc) is 3.24. The van der Waals surface area contributed by atoms with Gasteiger partial charge < -0.3 is 14.9 Å². The predicted molar refractivity (Wildman–Crippen MR) is 105 cm³/mol. The summed E-state index contributed by atoms with van der Waals surface area (Å²) in [6.45, 7) is 2.67. The average molecular weight is 430 g/mol. The highest BCUT2D eigenvalue weighted by atomic mass is 79.9. The second-order valence-electron chi connectivity index (χ2n) is 8.66. The molecule has 0 radical (unpaired) electrons. The van der Waals surface area contributed by atoms with Crippen LogP contribution in [0.4, 0.5) is 5.69 Å². The van der Waals surface area contributed by atoms with E-state index in [1.165, 1.54) is 0 Å². The van der Waals surface area contributed by atoms with E-state index in [0.717, 1.165) is 61.9 Å². The monoisotopic (exact) mass is 429 g/mol. The normalized spacial score (nSPS) is 37.6. The Bertz CT molecular complexity index is 829. The van der Waals surface area contributed by atoms with Crippen molar-refractivity contribution in [3.63, 3.8) is 0 Å². The smallest absolute Gasteiger partial charge is 0.231 e. The molecule has 1 amide bonds. The maximum atomic E-state index is 13.4. The van der Waals surface area contributed by atoms with Crippen molar-refractivity contribution in [1.29, 1.82) is 5.26 Å². The number of hydrogen-bond donors (Lipinski definition) is 1. The molecule has 142 valence electrons. The fourth-order valence-electron chi connectivity index (χ4n) is 5.95. The molecule has 0 aromatic heterocycles. The molecule has 1 aromatic carbocycles. The van der Waals surface area contributed by atoms with E-state index in [9.17, 15) is 9.90 Å². The topological polar surface area (TPSA) is 67.6 Å². The van der Waals surface area contributed by atoms with Gasteiger partial charge in [0.15, 0.2) is 0 Å². The number of anilines is 1. The number of nitriles is 1. The lowest BCUT2D eigenvalue weighted by Gasteiger charge is -2.39. The number of halogens is 1. The Kier molecular flexibility index (Phi) is 4.03. The van der Waals surface area contributed by atoms with Crippen molar-refractivity contribution < 1.29 is 9.90 Å². The molecule has 4 aliphatic rings. The molecule has 1 N–H and O–H groups in total. The molecule has 6 heteroatoms. The zero-order valence-electron chi connectivity index (χ0n) is 15.3. The first-order valence-electron chi connectivity index (χ1n) is 9.98. The van der Waals surface area contributed by atoms with Gasteiger partial charge in [0.25, 0.3) is 0 Å². The maximum absolute atomic E-state index is 13.4. The third-order valence-corrected chi connectivity index (χ3v) is 8.07. The summed E-state index contributed by atoms with van der Waals surface area (Å²) in [5, 5.41) is 18.9. The van der Waals surface area contributed by atoms with Gasteiger partial charge in [-0.3, -0.25) is 4.79 Å². The van der Waals surface area contributed by atoms with Crippen molar-refractivity contribution in [3.8, 4) is 6.07 Å². The minimum absolute atomic E-state index is 0.182. The van der Waals surface area contributed by atoms with Crippen LogP contribution in [0.5, 0.6) is 0 Å². The molecule has 0 bridgehead atoms. The van der Waals surface area contributed by atoms with Gasteiger partial charge in [-0.1, -0.05) is 0 Å². The van der Waals surface area contributed by atoms with E-state index >= 15 is 0 Å². The molecule has 5 nitrogen and oxygen atoms in total. The summed E-state index contributed by atoms with van der Waals surface area (Å²) in [5.74, 6) is 1.40. The third-order valence-electron chi connectivity index (χ3n) is 7.44. The largest absolute Gasteiger partial charge is 0.393 e. The van der Waals surface area contributed by atoms with Crippen LogP contribution in [-0.4, -0.2) is 47.7 Å². The highest BCUT2D eigenvalue weighted by molar-refractivity contribution is 9.10. The lowest BCUT2D eigenvalue weighted by atomic mass is 9.90. The van der Waals surface area contributed by atoms with Crippen molar-refractivity contribution in [2.75, 3.05) is 24.5 Å². The number of benzene rings is 1. The van der Waals surface area contributed by atoms with Gasteiger partial charge in [-0.2, -0.15) is 5.26 Å². The molecule has 2 saturated heterocycles. The lowest BCUT2D eigenvalue weighted by Crippen LogP contribution is -2.48. The van der Waals surface area contributed by atoms with Crippen molar-refractivity contribution in [2.45, 2.75) is 44.2 Å². The Balaban J connectivity index is 1.35. The van der Waals surface area contributed by atoms with E-state index in [0.29, 0.717) is 29.3 Å². The second kappa shape index (κ2) is 6.22. The van der Waals surface area contributed by atoms with Crippen LogP contribution in [0.2, 0.25) is 0 Å². The Morgan fingerprint density at radius 3 is 2.67 bits per heavy atom. The minimum atomic E-state index is -0.193. The van der Waals surface area contributed by atoms with E-state index in [1.807, 2.05) is 18.2 Å². The molecule has 4 fully saturated rings. The van der Waals surface area contributed by atoms with Crippen molar-refractivity contribution >= 4 is 27.5 Å². The number of nitrogens with zero attached hydrogens (tertiary/aromatic N) is 3. The van der Waals surface area contributed by atoms with Crippen molar-refractivity contribution in [3.05, 3.63) is 28.2 Å². The Labute approximate surface area is 168 Å². The molecular formula is C21H24BrN3O2. The van der Waals surface area contributed by atoms with Gasteiger partial charge in [-0.15, -0.1) is 0 Å². The lowest BCUT2D eigenvalue weighted by molar-refractivity contribution is -0.137. The quantitative estimate of drug-likeness (QED) is 0.784. The SMILES string of the molecule is N#Cc1ccc(N2CCC3C4CN(C5CCC(O)CC5)C(=O)[C@]34C2)c(Br)c1. The first-order valence-corrected chi connectivity index (χ1v) is 10.8. The molecule has 1 spiro atoms. The van der Waals surface area contributed by atoms with Crippen LogP contribution in [0.25, 0.3) is 0 Å². The zero-order chi connectivity index (χ0) is 18.8. The molecule has 2 aliphatic carbocycles. The molecular weight excluding hydrogens is 406 g/mol. The summed E-state index contributed by atoms with van der Waals surface area (Å²) in [6.07, 6.45) is 4.40. The summed E-state index contributed by atoms with van der Waals surface area (Å²) >= 11 is 3.61. The first kappa shape index (κ1) is 17.5. The minimum Gasteiger partial charge on any atom is -0.393 e. The number of amides is 1. The summed E-state index contributed by atoms with van der Waals surface area (Å²) in [5.41, 5.74) is 1.53. The van der Waals surface area contributed by atoms with Crippen LogP contribution in [-0.2, 0) is 4.79 Å². The number of carbonyl (C=O) groups excluding carboxylic acids is 1. The molecule has 2 unspecified atom stereocenters. The Hall–Kier alpha value is -1.58. The second-order valence-corrected chi connectivity index (χ2v) is 9.52. The maximum Gasteiger partial charge on any atom is 0.231 e. The number of hydrogen-bond acceptors (Lipinski definition) is 4. The molecule has 5 rings (SSSR count). The summed E-state index contributed by atoms with van der Waals surface area (Å²) in [4.78, 5) is 17.9. The molecule has 1 aromatic rings. The van der Waals surface area contributed by atoms with E-state index in [-0.39, 0.29) is 11.5 Å². The van der Waals surface area contributed by atoms with Crippen LogP contribution >= 0.6 is 15.9 Å². The molecule has 2 heterocycles. The van der Waals surface area contributed by atoms with Crippen LogP contribution in [0.3, 0.4) is 0 Å². The molecule has 2 aliphatic heterocycles. The zero-order valence-corrected chi connectivity index (χ0v) is 16.9. The Morgan fingerprint density at radius 2 is 1.96 bits per heavy atom. The molecule has 3 atom stereocenters. The van der Waals surface area contributed by atoms with Crippen molar-refractivity contribution in [2.24, 2.45) is 17.3 Å². The van der Waals surface area contributed by atoms with Crippen LogP contribution in [0, 0.1) is 28.6 Å². The number of aliphatic hydroxyl groups is 1. The van der Waals surface area contributed by atoms with E-state index in [4.69, 9.17) is 5.26 Å². The van der Waals surface area contributed by atoms with E-state index < -0.39 is 0 Å². The summed E-state index contributed by atoms with van der Waals surface area (Å²) < 4.78 is 0.928. The number of likely N-dealkylation sites (tertiary alicyclic amines) is 1. The number of fused-ring (bicyclic) bond motifs is 1. The fraction of sp³-hybridized carbons (Fsp3) is 0.619.